The number of aromatic nitrogens is 2. The van der Waals surface area contributed by atoms with E-state index >= 15 is 0 Å². The van der Waals surface area contributed by atoms with Crippen LogP contribution in [0.2, 0.25) is 0 Å². The molecule has 0 spiro atoms. The van der Waals surface area contributed by atoms with E-state index in [0.29, 0.717) is 26.9 Å². The van der Waals surface area contributed by atoms with Gasteiger partial charge in [-0.15, -0.1) is 22.7 Å². The highest BCUT2D eigenvalue weighted by Crippen LogP contribution is 2.35. The number of benzene rings is 2. The van der Waals surface area contributed by atoms with Gasteiger partial charge in [0.15, 0.2) is 10.9 Å². The molecular weight excluding hydrogens is 493 g/mol. The number of carbonyl (C=O) groups excluding carboxylic acids is 1. The molecule has 4 nitrogen and oxygen atoms in total. The van der Waals surface area contributed by atoms with Gasteiger partial charge in [-0.3, -0.25) is 14.2 Å². The third-order valence-corrected chi connectivity index (χ3v) is 8.84. The number of fused-ring (bicyclic) bond motifs is 1. The monoisotopic (exact) mass is 516 g/mol. The maximum absolute atomic E-state index is 13.8. The molecule has 0 bridgehead atoms. The Bertz CT molecular complexity index is 1520. The van der Waals surface area contributed by atoms with Gasteiger partial charge in [0.1, 0.15) is 4.83 Å². The third-order valence-electron chi connectivity index (χ3n) is 6.12. The number of carbonyl (C=O) groups is 1. The van der Waals surface area contributed by atoms with Gasteiger partial charge >= 0.3 is 0 Å². The molecule has 0 N–H and O–H groups in total. The number of para-hydroxylation sites is 1. The predicted octanol–water partition coefficient (Wildman–Crippen LogP) is 7.66. The van der Waals surface area contributed by atoms with E-state index in [9.17, 15) is 9.59 Å². The van der Waals surface area contributed by atoms with Crippen LogP contribution >= 0.6 is 34.4 Å². The number of rotatable bonds is 8. The van der Waals surface area contributed by atoms with Crippen molar-refractivity contribution in [1.82, 2.24) is 9.55 Å². The first-order valence-corrected chi connectivity index (χ1v) is 14.2. The molecule has 3 aromatic heterocycles. The molecule has 0 saturated heterocycles. The summed E-state index contributed by atoms with van der Waals surface area (Å²) in [7, 11) is 0. The SMILES string of the molecule is CC[C@@H](C)c1ccc(C(=O)CSc2nc3scc(-c4cccs4)c3c(=O)n2-c2ccccc2)cc1. The minimum absolute atomic E-state index is 0.0186. The molecule has 0 unspecified atom stereocenters. The van der Waals surface area contributed by atoms with Crippen molar-refractivity contribution in [2.75, 3.05) is 5.75 Å². The molecule has 0 amide bonds. The smallest absolute Gasteiger partial charge is 0.268 e. The van der Waals surface area contributed by atoms with Gasteiger partial charge in [-0.1, -0.05) is 74.1 Å². The summed E-state index contributed by atoms with van der Waals surface area (Å²) >= 11 is 4.38. The van der Waals surface area contributed by atoms with Crippen LogP contribution in [0.4, 0.5) is 0 Å². The van der Waals surface area contributed by atoms with Crippen LogP contribution in [0.25, 0.3) is 26.3 Å². The first-order valence-electron chi connectivity index (χ1n) is 11.5. The number of thioether (sulfide) groups is 1. The van der Waals surface area contributed by atoms with Crippen molar-refractivity contribution >= 4 is 50.4 Å². The van der Waals surface area contributed by atoms with Crippen LogP contribution < -0.4 is 5.56 Å². The molecule has 176 valence electrons. The van der Waals surface area contributed by atoms with Gasteiger partial charge in [0.25, 0.3) is 5.56 Å². The van der Waals surface area contributed by atoms with Crippen molar-refractivity contribution in [3.8, 4) is 16.1 Å². The van der Waals surface area contributed by atoms with Crippen LogP contribution in [-0.2, 0) is 0 Å². The average Bonchev–Trinajstić information content (AvgIpc) is 3.57. The Hall–Kier alpha value is -3.00. The van der Waals surface area contributed by atoms with E-state index in [-0.39, 0.29) is 17.1 Å². The zero-order valence-electron chi connectivity index (χ0n) is 19.4. The zero-order valence-corrected chi connectivity index (χ0v) is 21.9. The maximum Gasteiger partial charge on any atom is 0.268 e. The molecular formula is C28H24N2O2S3. The fraction of sp³-hybridized carbons (Fsp3) is 0.179. The molecule has 7 heteroatoms. The minimum atomic E-state index is -0.112. The second-order valence-electron chi connectivity index (χ2n) is 8.32. The van der Waals surface area contributed by atoms with Gasteiger partial charge in [0.2, 0.25) is 0 Å². The normalized spacial score (nSPS) is 12.2. The second-order valence-corrected chi connectivity index (χ2v) is 11.1. The Labute approximate surface area is 216 Å². The molecule has 5 aromatic rings. The van der Waals surface area contributed by atoms with Crippen molar-refractivity contribution < 1.29 is 4.79 Å². The van der Waals surface area contributed by atoms with Crippen LogP contribution in [0.3, 0.4) is 0 Å². The lowest BCUT2D eigenvalue weighted by Crippen LogP contribution is -2.22. The molecule has 0 radical (unpaired) electrons. The van der Waals surface area contributed by atoms with Gasteiger partial charge in [-0.05, 0) is 41.5 Å². The topological polar surface area (TPSA) is 52.0 Å². The molecule has 3 heterocycles. The highest BCUT2D eigenvalue weighted by molar-refractivity contribution is 7.99. The van der Waals surface area contributed by atoms with E-state index < -0.39 is 0 Å². The van der Waals surface area contributed by atoms with Crippen molar-refractivity contribution in [3.63, 3.8) is 0 Å². The Morgan fingerprint density at radius 2 is 1.80 bits per heavy atom. The van der Waals surface area contributed by atoms with E-state index in [2.05, 4.69) is 13.8 Å². The van der Waals surface area contributed by atoms with Crippen LogP contribution in [0.15, 0.2) is 87.4 Å². The number of hydrogen-bond acceptors (Lipinski definition) is 6. The molecule has 0 aliphatic carbocycles. The van der Waals surface area contributed by atoms with Crippen LogP contribution in [-0.4, -0.2) is 21.1 Å². The fourth-order valence-corrected chi connectivity index (χ4v) is 6.64. The number of ketones is 1. The minimum Gasteiger partial charge on any atom is -0.293 e. The molecule has 0 saturated carbocycles. The van der Waals surface area contributed by atoms with Crippen molar-refractivity contribution in [3.05, 3.63) is 99.0 Å². The van der Waals surface area contributed by atoms with Crippen LogP contribution in [0.5, 0.6) is 0 Å². The first-order chi connectivity index (χ1) is 17.1. The van der Waals surface area contributed by atoms with E-state index in [0.717, 1.165) is 22.5 Å². The quantitative estimate of drug-likeness (QED) is 0.121. The standard InChI is InChI=1S/C28H24N2O2S3/c1-3-18(2)19-11-13-20(14-12-19)23(31)17-35-28-29-26-25(22(16-34-26)24-10-7-15-33-24)27(32)30(28)21-8-5-4-6-9-21/h4-16,18H,3,17H2,1-2H3/t18-/m1/s1. The van der Waals surface area contributed by atoms with E-state index in [1.807, 2.05) is 77.5 Å². The number of Topliss-reactive ketones (excluding diaryl/α,β-unsaturated/α-hetero) is 1. The Morgan fingerprint density at radius 1 is 1.03 bits per heavy atom. The molecule has 0 fully saturated rings. The summed E-state index contributed by atoms with van der Waals surface area (Å²) in [5, 5.41) is 5.15. The van der Waals surface area contributed by atoms with Gasteiger partial charge in [-0.25, -0.2) is 4.98 Å². The molecule has 1 atom stereocenters. The average molecular weight is 517 g/mol. The zero-order chi connectivity index (χ0) is 24.4. The largest absolute Gasteiger partial charge is 0.293 e. The molecule has 0 aliphatic rings. The van der Waals surface area contributed by atoms with Crippen molar-refractivity contribution in [1.29, 1.82) is 0 Å². The van der Waals surface area contributed by atoms with Crippen molar-refractivity contribution in [2.24, 2.45) is 0 Å². The first kappa shape index (κ1) is 23.7. The van der Waals surface area contributed by atoms with Gasteiger partial charge in [0.05, 0.1) is 16.8 Å². The summed E-state index contributed by atoms with van der Waals surface area (Å²) in [6.45, 7) is 4.35. The lowest BCUT2D eigenvalue weighted by molar-refractivity contribution is 0.102. The Kier molecular flexibility index (Phi) is 7.00. The number of nitrogens with zero attached hydrogens (tertiary/aromatic N) is 2. The highest BCUT2D eigenvalue weighted by atomic mass is 32.2. The maximum atomic E-state index is 13.8. The predicted molar refractivity (Wildman–Crippen MR) is 149 cm³/mol. The Morgan fingerprint density at radius 3 is 2.49 bits per heavy atom. The summed E-state index contributed by atoms with van der Waals surface area (Å²) in [4.78, 5) is 33.4. The fourth-order valence-electron chi connectivity index (χ4n) is 3.93. The van der Waals surface area contributed by atoms with Gasteiger partial charge in [-0.2, -0.15) is 0 Å². The van der Waals surface area contributed by atoms with Crippen LogP contribution in [0, 0.1) is 0 Å². The summed E-state index contributed by atoms with van der Waals surface area (Å²) < 4.78 is 1.64. The summed E-state index contributed by atoms with van der Waals surface area (Å²) in [6.07, 6.45) is 1.06. The summed E-state index contributed by atoms with van der Waals surface area (Å²) in [5.74, 6) is 0.691. The summed E-state index contributed by atoms with van der Waals surface area (Å²) in [6, 6.07) is 21.4. The van der Waals surface area contributed by atoms with Gasteiger partial charge < -0.3 is 0 Å². The highest BCUT2D eigenvalue weighted by Gasteiger charge is 2.20. The van der Waals surface area contributed by atoms with E-state index in [4.69, 9.17) is 4.98 Å². The number of hydrogen-bond donors (Lipinski definition) is 0. The molecule has 2 aromatic carbocycles. The molecule has 0 aliphatic heterocycles. The van der Waals surface area contributed by atoms with Gasteiger partial charge in [0, 0.05) is 21.4 Å². The Balaban J connectivity index is 1.51. The van der Waals surface area contributed by atoms with E-state index in [1.54, 1.807) is 15.9 Å². The summed E-state index contributed by atoms with van der Waals surface area (Å²) in [5.41, 5.74) is 3.45. The van der Waals surface area contributed by atoms with Crippen LogP contribution in [0.1, 0.15) is 42.1 Å². The number of thiophene rings is 2. The third kappa shape index (κ3) is 4.76. The lowest BCUT2D eigenvalue weighted by Gasteiger charge is -2.12. The molecule has 35 heavy (non-hydrogen) atoms. The lowest BCUT2D eigenvalue weighted by atomic mass is 9.97. The van der Waals surface area contributed by atoms with Crippen molar-refractivity contribution in [2.45, 2.75) is 31.3 Å². The van der Waals surface area contributed by atoms with E-state index in [1.165, 1.54) is 28.7 Å². The second kappa shape index (κ2) is 10.3. The molecule has 5 rings (SSSR count).